The van der Waals surface area contributed by atoms with Crippen molar-refractivity contribution in [2.24, 2.45) is 45.3 Å². The smallest absolute Gasteiger partial charge is 0.330 e. The molecule has 4 aliphatic carbocycles. The minimum atomic E-state index is -0.796. The van der Waals surface area contributed by atoms with Crippen molar-refractivity contribution in [1.29, 1.82) is 0 Å². The van der Waals surface area contributed by atoms with Gasteiger partial charge in [0.2, 0.25) is 0 Å². The van der Waals surface area contributed by atoms with Crippen LogP contribution < -0.4 is 0 Å². The molecule has 3 fully saturated rings. The van der Waals surface area contributed by atoms with Gasteiger partial charge in [-0.25, -0.2) is 4.79 Å². The minimum absolute atomic E-state index is 0.00517. The SMILES string of the molecule is CC(=CCCC(C)C1CCC2(C)C3CCC4C(C)(CCC(O)C4(C)C)C3=CCC12C)C(=O)O. The topological polar surface area (TPSA) is 57.5 Å². The predicted octanol–water partition coefficient (Wildman–Crippen LogP) is 7.40. The van der Waals surface area contributed by atoms with Crippen LogP contribution in [0.4, 0.5) is 0 Å². The molecular formula is C30H48O3. The highest BCUT2D eigenvalue weighted by Gasteiger charge is 2.65. The van der Waals surface area contributed by atoms with E-state index in [9.17, 15) is 9.90 Å². The van der Waals surface area contributed by atoms with E-state index >= 15 is 0 Å². The fourth-order valence-corrected chi connectivity index (χ4v) is 9.52. The lowest BCUT2D eigenvalue weighted by atomic mass is 9.41. The van der Waals surface area contributed by atoms with Gasteiger partial charge in [0.25, 0.3) is 0 Å². The minimum Gasteiger partial charge on any atom is -0.478 e. The van der Waals surface area contributed by atoms with Gasteiger partial charge in [0, 0.05) is 5.57 Å². The highest BCUT2D eigenvalue weighted by Crippen LogP contribution is 2.73. The molecule has 4 rings (SSSR count). The lowest BCUT2D eigenvalue weighted by Crippen LogP contribution is -2.57. The van der Waals surface area contributed by atoms with Gasteiger partial charge in [-0.15, -0.1) is 0 Å². The summed E-state index contributed by atoms with van der Waals surface area (Å²) in [7, 11) is 0. The van der Waals surface area contributed by atoms with Crippen LogP contribution in [-0.4, -0.2) is 22.3 Å². The molecule has 8 unspecified atom stereocenters. The highest BCUT2D eigenvalue weighted by atomic mass is 16.4. The number of hydrogen-bond acceptors (Lipinski definition) is 2. The van der Waals surface area contributed by atoms with E-state index in [-0.39, 0.29) is 16.9 Å². The van der Waals surface area contributed by atoms with Crippen LogP contribution in [0.2, 0.25) is 0 Å². The molecule has 0 aromatic carbocycles. The number of aliphatic hydroxyl groups excluding tert-OH is 1. The zero-order chi connectivity index (χ0) is 24.4. The van der Waals surface area contributed by atoms with Crippen LogP contribution in [0.5, 0.6) is 0 Å². The van der Waals surface area contributed by atoms with Crippen LogP contribution in [0.25, 0.3) is 0 Å². The first-order valence-electron chi connectivity index (χ1n) is 13.6. The van der Waals surface area contributed by atoms with E-state index in [2.05, 4.69) is 47.6 Å². The highest BCUT2D eigenvalue weighted by molar-refractivity contribution is 5.85. The van der Waals surface area contributed by atoms with E-state index < -0.39 is 5.97 Å². The maximum atomic E-state index is 11.1. The Morgan fingerprint density at radius 3 is 2.45 bits per heavy atom. The second-order valence-corrected chi connectivity index (χ2v) is 13.6. The van der Waals surface area contributed by atoms with Gasteiger partial charge in [-0.2, -0.15) is 0 Å². The van der Waals surface area contributed by atoms with Crippen molar-refractivity contribution in [3.63, 3.8) is 0 Å². The zero-order valence-corrected chi connectivity index (χ0v) is 22.2. The van der Waals surface area contributed by atoms with Gasteiger partial charge in [0.1, 0.15) is 0 Å². The van der Waals surface area contributed by atoms with E-state index in [0.717, 1.165) is 25.7 Å². The van der Waals surface area contributed by atoms with Gasteiger partial charge in [-0.3, -0.25) is 0 Å². The summed E-state index contributed by atoms with van der Waals surface area (Å²) in [6.45, 7) is 16.5. The molecule has 0 spiro atoms. The summed E-state index contributed by atoms with van der Waals surface area (Å²) < 4.78 is 0. The molecular weight excluding hydrogens is 408 g/mol. The molecule has 0 bridgehead atoms. The van der Waals surface area contributed by atoms with Crippen molar-refractivity contribution < 1.29 is 15.0 Å². The number of carbonyl (C=O) groups is 1. The molecule has 3 heteroatoms. The number of fused-ring (bicyclic) bond motifs is 5. The molecule has 0 amide bonds. The number of aliphatic hydroxyl groups is 1. The Labute approximate surface area is 202 Å². The third-order valence-electron chi connectivity index (χ3n) is 12.0. The van der Waals surface area contributed by atoms with Crippen LogP contribution >= 0.6 is 0 Å². The van der Waals surface area contributed by atoms with Crippen molar-refractivity contribution in [3.8, 4) is 0 Å². The van der Waals surface area contributed by atoms with Crippen molar-refractivity contribution in [2.75, 3.05) is 0 Å². The fourth-order valence-electron chi connectivity index (χ4n) is 9.52. The van der Waals surface area contributed by atoms with Gasteiger partial charge in [-0.1, -0.05) is 59.3 Å². The second-order valence-electron chi connectivity index (χ2n) is 13.6. The Kier molecular flexibility index (Phi) is 6.25. The Morgan fingerprint density at radius 1 is 1.09 bits per heavy atom. The maximum Gasteiger partial charge on any atom is 0.330 e. The van der Waals surface area contributed by atoms with Crippen molar-refractivity contribution in [3.05, 3.63) is 23.3 Å². The number of carboxylic acids is 1. The number of rotatable bonds is 5. The predicted molar refractivity (Wildman–Crippen MR) is 135 cm³/mol. The summed E-state index contributed by atoms with van der Waals surface area (Å²) in [4.78, 5) is 11.1. The summed E-state index contributed by atoms with van der Waals surface area (Å²) in [5, 5.41) is 20.0. The number of carboxylic acid groups (broad SMARTS) is 1. The van der Waals surface area contributed by atoms with E-state index in [4.69, 9.17) is 5.11 Å². The van der Waals surface area contributed by atoms with Crippen LogP contribution in [0.1, 0.15) is 106 Å². The fraction of sp³-hybridized carbons (Fsp3) is 0.833. The van der Waals surface area contributed by atoms with Crippen LogP contribution in [-0.2, 0) is 4.79 Å². The monoisotopic (exact) mass is 456 g/mol. The maximum absolute atomic E-state index is 11.1. The zero-order valence-electron chi connectivity index (χ0n) is 22.2. The largest absolute Gasteiger partial charge is 0.478 e. The van der Waals surface area contributed by atoms with Crippen LogP contribution in [0, 0.1) is 45.3 Å². The lowest BCUT2D eigenvalue weighted by molar-refractivity contribution is -0.132. The Morgan fingerprint density at radius 2 is 1.79 bits per heavy atom. The average molecular weight is 457 g/mol. The van der Waals surface area contributed by atoms with E-state index in [1.165, 1.54) is 32.1 Å². The van der Waals surface area contributed by atoms with Crippen LogP contribution in [0.15, 0.2) is 23.3 Å². The molecule has 0 aromatic heterocycles. The Bertz CT molecular complexity index is 853. The van der Waals surface area contributed by atoms with Gasteiger partial charge in [0.15, 0.2) is 0 Å². The van der Waals surface area contributed by atoms with E-state index in [1.54, 1.807) is 12.5 Å². The van der Waals surface area contributed by atoms with Crippen LogP contribution in [0.3, 0.4) is 0 Å². The molecule has 4 aliphatic rings. The second kappa shape index (κ2) is 8.25. The summed E-state index contributed by atoms with van der Waals surface area (Å²) in [6, 6.07) is 0. The van der Waals surface area contributed by atoms with Crippen molar-refractivity contribution >= 4 is 5.97 Å². The summed E-state index contributed by atoms with van der Waals surface area (Å²) in [6.07, 6.45) is 14.7. The summed E-state index contributed by atoms with van der Waals surface area (Å²) in [5.74, 6) is 1.77. The molecule has 3 saturated carbocycles. The van der Waals surface area contributed by atoms with E-state index in [0.29, 0.717) is 40.1 Å². The van der Waals surface area contributed by atoms with Gasteiger partial charge >= 0.3 is 5.97 Å². The quantitative estimate of drug-likeness (QED) is 0.335. The summed E-state index contributed by atoms with van der Waals surface area (Å²) in [5.41, 5.74) is 3.11. The average Bonchev–Trinajstić information content (AvgIpc) is 3.02. The molecule has 0 radical (unpaired) electrons. The Hall–Kier alpha value is -1.09. The standard InChI is InChI=1S/C30H48O3/c1-19(9-8-10-20(2)26(32)33)21-13-17-30(7)23-11-12-24-27(3,4)25(31)15-16-28(24,5)22(23)14-18-29(21,30)6/h10,14,19,21,23-25,31H,8-9,11-13,15-18H2,1-7H3,(H,32,33). The number of aliphatic carboxylic acids is 1. The first-order valence-corrected chi connectivity index (χ1v) is 13.6. The third-order valence-corrected chi connectivity index (χ3v) is 12.0. The molecule has 0 saturated heterocycles. The molecule has 0 aromatic rings. The number of allylic oxidation sites excluding steroid dienone is 3. The first kappa shape index (κ1) is 25.0. The molecule has 0 heterocycles. The van der Waals surface area contributed by atoms with Crippen molar-refractivity contribution in [1.82, 2.24) is 0 Å². The van der Waals surface area contributed by atoms with Gasteiger partial charge < -0.3 is 10.2 Å². The molecule has 8 atom stereocenters. The molecule has 33 heavy (non-hydrogen) atoms. The third kappa shape index (κ3) is 3.58. The van der Waals surface area contributed by atoms with Gasteiger partial charge in [-0.05, 0) is 110 Å². The molecule has 2 N–H and O–H groups in total. The molecule has 0 aliphatic heterocycles. The van der Waals surface area contributed by atoms with Crippen molar-refractivity contribution in [2.45, 2.75) is 112 Å². The van der Waals surface area contributed by atoms with E-state index in [1.807, 2.05) is 6.08 Å². The van der Waals surface area contributed by atoms with Gasteiger partial charge in [0.05, 0.1) is 6.10 Å². The molecule has 186 valence electrons. The number of hydrogen-bond donors (Lipinski definition) is 2. The first-order chi connectivity index (χ1) is 15.3. The molecule has 3 nitrogen and oxygen atoms in total. The lowest BCUT2D eigenvalue weighted by Gasteiger charge is -2.64. The summed E-state index contributed by atoms with van der Waals surface area (Å²) >= 11 is 0. The normalized spacial score (nSPS) is 45.5. The Balaban J connectivity index is 1.59.